The number of para-hydroxylation sites is 1. The average molecular weight is 425 g/mol. The number of nitrogens with one attached hydrogen (secondary N) is 1. The molecule has 0 aromatic heterocycles. The molecule has 0 unspecified atom stereocenters. The van der Waals surface area contributed by atoms with Crippen molar-refractivity contribution in [3.63, 3.8) is 0 Å². The molecule has 0 atom stereocenters. The summed E-state index contributed by atoms with van der Waals surface area (Å²) in [5.41, 5.74) is 8.79. The Morgan fingerprint density at radius 1 is 0.963 bits per heavy atom. The van der Waals surface area contributed by atoms with Crippen LogP contribution in [-0.2, 0) is 9.53 Å². The van der Waals surface area contributed by atoms with Gasteiger partial charge in [0.2, 0.25) is 0 Å². The Hall–Kier alpha value is -3.12. The van der Waals surface area contributed by atoms with Crippen LogP contribution in [0, 0.1) is 0 Å². The second kappa shape index (κ2) is 8.51. The normalized spacial score (nSPS) is 10.3. The number of amides is 1. The summed E-state index contributed by atoms with van der Waals surface area (Å²) < 4.78 is 5.79. The number of hydrogen-bond acceptors (Lipinski definition) is 4. The molecule has 3 N–H and O–H groups in total. The van der Waals surface area contributed by atoms with E-state index in [-0.39, 0.29) is 11.3 Å². The molecule has 136 valence electrons. The Labute approximate surface area is 165 Å². The third-order valence-corrected chi connectivity index (χ3v) is 4.35. The smallest absolute Gasteiger partial charge is 0.340 e. The molecule has 3 aromatic rings. The lowest BCUT2D eigenvalue weighted by Crippen LogP contribution is -2.21. The van der Waals surface area contributed by atoms with Crippen molar-refractivity contribution in [3.05, 3.63) is 82.8 Å². The van der Waals surface area contributed by atoms with E-state index in [4.69, 9.17) is 10.5 Å². The minimum Gasteiger partial charge on any atom is -0.452 e. The van der Waals surface area contributed by atoms with E-state index >= 15 is 0 Å². The molecule has 6 heteroatoms. The summed E-state index contributed by atoms with van der Waals surface area (Å²) in [7, 11) is 0. The zero-order valence-corrected chi connectivity index (χ0v) is 15.9. The number of carbonyl (C=O) groups excluding carboxylic acids is 2. The molecule has 0 radical (unpaired) electrons. The molecule has 0 aliphatic carbocycles. The number of halogens is 1. The summed E-state index contributed by atoms with van der Waals surface area (Å²) >= 11 is 3.28. The second-order valence-corrected chi connectivity index (χ2v) is 6.68. The van der Waals surface area contributed by atoms with E-state index in [1.807, 2.05) is 48.5 Å². The highest BCUT2D eigenvalue weighted by Crippen LogP contribution is 2.27. The first kappa shape index (κ1) is 18.7. The molecule has 3 aromatic carbocycles. The molecule has 0 saturated heterocycles. The van der Waals surface area contributed by atoms with E-state index in [0.29, 0.717) is 10.2 Å². The van der Waals surface area contributed by atoms with Gasteiger partial charge in [0.1, 0.15) is 0 Å². The Bertz CT molecular complexity index is 974. The van der Waals surface area contributed by atoms with Crippen LogP contribution in [0.3, 0.4) is 0 Å². The SMILES string of the molecule is Nc1ccc(Br)cc1C(=O)OCC(=O)Nc1ccccc1-c1ccccc1. The monoisotopic (exact) mass is 424 g/mol. The highest BCUT2D eigenvalue weighted by atomic mass is 79.9. The highest BCUT2D eigenvalue weighted by molar-refractivity contribution is 9.10. The van der Waals surface area contributed by atoms with Gasteiger partial charge in [0, 0.05) is 21.4 Å². The van der Waals surface area contributed by atoms with Gasteiger partial charge in [0.05, 0.1) is 5.56 Å². The van der Waals surface area contributed by atoms with Crippen LogP contribution in [-0.4, -0.2) is 18.5 Å². The lowest BCUT2D eigenvalue weighted by Gasteiger charge is -2.12. The number of carbonyl (C=O) groups is 2. The molecule has 0 saturated carbocycles. The topological polar surface area (TPSA) is 81.4 Å². The predicted octanol–water partition coefficient (Wildman–Crippen LogP) is 4.49. The van der Waals surface area contributed by atoms with Gasteiger partial charge < -0.3 is 15.8 Å². The molecule has 0 aliphatic heterocycles. The Morgan fingerprint density at radius 3 is 2.44 bits per heavy atom. The molecular formula is C21H17BrN2O3. The predicted molar refractivity (Wildman–Crippen MR) is 109 cm³/mol. The largest absolute Gasteiger partial charge is 0.452 e. The van der Waals surface area contributed by atoms with Gasteiger partial charge in [0.25, 0.3) is 5.91 Å². The summed E-state index contributed by atoms with van der Waals surface area (Å²) in [6.45, 7) is -0.409. The van der Waals surface area contributed by atoms with Crippen molar-refractivity contribution < 1.29 is 14.3 Å². The summed E-state index contributed by atoms with van der Waals surface area (Å²) in [5.74, 6) is -1.08. The van der Waals surface area contributed by atoms with Crippen molar-refractivity contribution in [2.45, 2.75) is 0 Å². The van der Waals surface area contributed by atoms with Gasteiger partial charge >= 0.3 is 5.97 Å². The fourth-order valence-corrected chi connectivity index (χ4v) is 2.92. The summed E-state index contributed by atoms with van der Waals surface area (Å²) in [6, 6.07) is 22.0. The van der Waals surface area contributed by atoms with Crippen LogP contribution < -0.4 is 11.1 Å². The number of nitrogen functional groups attached to an aromatic ring is 1. The molecule has 5 nitrogen and oxygen atoms in total. The molecule has 0 aliphatic rings. The van der Waals surface area contributed by atoms with E-state index in [1.165, 1.54) is 0 Å². The molecule has 0 heterocycles. The van der Waals surface area contributed by atoms with Crippen LogP contribution in [0.15, 0.2) is 77.3 Å². The van der Waals surface area contributed by atoms with E-state index in [1.54, 1.807) is 24.3 Å². The minimum atomic E-state index is -0.653. The standard InChI is InChI=1S/C21H17BrN2O3/c22-15-10-11-18(23)17(12-15)21(26)27-13-20(25)24-19-9-5-4-8-16(19)14-6-2-1-3-7-14/h1-12H,13,23H2,(H,24,25). The molecule has 0 fully saturated rings. The maximum Gasteiger partial charge on any atom is 0.340 e. The number of benzene rings is 3. The Balaban J connectivity index is 1.67. The van der Waals surface area contributed by atoms with Crippen LogP contribution in [0.2, 0.25) is 0 Å². The zero-order chi connectivity index (χ0) is 19.2. The Kier molecular flexibility index (Phi) is 5.88. The fourth-order valence-electron chi connectivity index (χ4n) is 2.56. The van der Waals surface area contributed by atoms with Gasteiger partial charge in [-0.1, -0.05) is 64.5 Å². The van der Waals surface area contributed by atoms with Gasteiger partial charge in [-0.2, -0.15) is 0 Å². The average Bonchev–Trinajstić information content (AvgIpc) is 2.69. The number of hydrogen-bond donors (Lipinski definition) is 2. The quantitative estimate of drug-likeness (QED) is 0.466. The van der Waals surface area contributed by atoms with E-state index in [0.717, 1.165) is 11.1 Å². The second-order valence-electron chi connectivity index (χ2n) is 5.77. The van der Waals surface area contributed by atoms with Crippen molar-refractivity contribution >= 4 is 39.2 Å². The summed E-state index contributed by atoms with van der Waals surface area (Å²) in [5, 5.41) is 2.79. The van der Waals surface area contributed by atoms with Crippen LogP contribution in [0.1, 0.15) is 10.4 Å². The van der Waals surface area contributed by atoms with Crippen molar-refractivity contribution in [1.82, 2.24) is 0 Å². The first-order valence-electron chi connectivity index (χ1n) is 8.21. The third-order valence-electron chi connectivity index (χ3n) is 3.86. The van der Waals surface area contributed by atoms with Crippen molar-refractivity contribution in [2.75, 3.05) is 17.7 Å². The van der Waals surface area contributed by atoms with Gasteiger partial charge in [-0.15, -0.1) is 0 Å². The number of esters is 1. The van der Waals surface area contributed by atoms with Crippen LogP contribution in [0.4, 0.5) is 11.4 Å². The van der Waals surface area contributed by atoms with Crippen LogP contribution in [0.5, 0.6) is 0 Å². The summed E-state index contributed by atoms with van der Waals surface area (Å²) in [6.07, 6.45) is 0. The lowest BCUT2D eigenvalue weighted by atomic mass is 10.0. The van der Waals surface area contributed by atoms with Crippen LogP contribution in [0.25, 0.3) is 11.1 Å². The van der Waals surface area contributed by atoms with Crippen LogP contribution >= 0.6 is 15.9 Å². The third kappa shape index (κ3) is 4.74. The molecular weight excluding hydrogens is 408 g/mol. The highest BCUT2D eigenvalue weighted by Gasteiger charge is 2.15. The molecule has 3 rings (SSSR count). The van der Waals surface area contributed by atoms with Gasteiger partial charge in [-0.3, -0.25) is 4.79 Å². The van der Waals surface area contributed by atoms with Crippen molar-refractivity contribution in [1.29, 1.82) is 0 Å². The number of ether oxygens (including phenoxy) is 1. The van der Waals surface area contributed by atoms with E-state index in [9.17, 15) is 9.59 Å². The number of anilines is 2. The zero-order valence-electron chi connectivity index (χ0n) is 14.3. The van der Waals surface area contributed by atoms with E-state index in [2.05, 4.69) is 21.2 Å². The molecule has 0 bridgehead atoms. The van der Waals surface area contributed by atoms with Gasteiger partial charge in [-0.25, -0.2) is 4.79 Å². The Morgan fingerprint density at radius 2 is 1.67 bits per heavy atom. The van der Waals surface area contributed by atoms with Gasteiger partial charge in [0.15, 0.2) is 6.61 Å². The molecule has 0 spiro atoms. The number of rotatable bonds is 5. The van der Waals surface area contributed by atoms with Crippen molar-refractivity contribution in [2.24, 2.45) is 0 Å². The van der Waals surface area contributed by atoms with E-state index < -0.39 is 18.5 Å². The minimum absolute atomic E-state index is 0.210. The fraction of sp³-hybridized carbons (Fsp3) is 0.0476. The molecule has 1 amide bonds. The first-order valence-corrected chi connectivity index (χ1v) is 9.00. The number of nitrogens with two attached hydrogens (primary N) is 1. The maximum atomic E-state index is 12.3. The summed E-state index contributed by atoms with van der Waals surface area (Å²) in [4.78, 5) is 24.4. The maximum absolute atomic E-state index is 12.3. The molecule has 27 heavy (non-hydrogen) atoms. The van der Waals surface area contributed by atoms with Gasteiger partial charge in [-0.05, 0) is 29.8 Å². The van der Waals surface area contributed by atoms with Crippen molar-refractivity contribution in [3.8, 4) is 11.1 Å². The first-order chi connectivity index (χ1) is 13.0. The lowest BCUT2D eigenvalue weighted by molar-refractivity contribution is -0.119.